The van der Waals surface area contributed by atoms with E-state index in [-0.39, 0.29) is 6.42 Å². The van der Waals surface area contributed by atoms with Crippen LogP contribution in [0.3, 0.4) is 0 Å². The van der Waals surface area contributed by atoms with Gasteiger partial charge in [-0.15, -0.1) is 0 Å². The molecule has 0 bridgehead atoms. The van der Waals surface area contributed by atoms with Crippen LogP contribution in [0.15, 0.2) is 60.8 Å². The van der Waals surface area contributed by atoms with Gasteiger partial charge in [-0.3, -0.25) is 9.59 Å². The number of pyridine rings is 1. The smallest absolute Gasteiger partial charge is 0.305 e. The SMILES string of the molecule is COc1ccc(-c2cc(C(=O)N[C@@H](CC(=O)O)c3ccccc3C)cnc2OC)cc1. The van der Waals surface area contributed by atoms with Crippen molar-refractivity contribution in [3.63, 3.8) is 0 Å². The van der Waals surface area contributed by atoms with Gasteiger partial charge in [-0.05, 0) is 41.8 Å². The number of benzene rings is 2. The molecule has 0 saturated carbocycles. The number of carbonyl (C=O) groups is 2. The summed E-state index contributed by atoms with van der Waals surface area (Å²) in [4.78, 5) is 28.7. The van der Waals surface area contributed by atoms with E-state index < -0.39 is 17.9 Å². The second-order valence-electron chi connectivity index (χ2n) is 6.99. The van der Waals surface area contributed by atoms with Crippen LogP contribution in [0.2, 0.25) is 0 Å². The Morgan fingerprint density at radius 3 is 2.39 bits per heavy atom. The maximum atomic E-state index is 13.0. The van der Waals surface area contributed by atoms with Gasteiger partial charge in [0.15, 0.2) is 0 Å². The van der Waals surface area contributed by atoms with Crippen LogP contribution in [-0.4, -0.2) is 36.2 Å². The molecule has 1 heterocycles. The molecule has 7 heteroatoms. The summed E-state index contributed by atoms with van der Waals surface area (Å²) >= 11 is 0. The Hall–Kier alpha value is -3.87. The van der Waals surface area contributed by atoms with Crippen molar-refractivity contribution < 1.29 is 24.2 Å². The summed E-state index contributed by atoms with van der Waals surface area (Å²) in [5, 5.41) is 12.2. The minimum Gasteiger partial charge on any atom is -0.497 e. The highest BCUT2D eigenvalue weighted by molar-refractivity contribution is 5.96. The number of carbonyl (C=O) groups excluding carboxylic acids is 1. The van der Waals surface area contributed by atoms with Gasteiger partial charge < -0.3 is 19.9 Å². The quantitative estimate of drug-likeness (QED) is 0.571. The molecule has 1 aromatic heterocycles. The Labute approximate surface area is 180 Å². The van der Waals surface area contributed by atoms with Crippen LogP contribution in [0, 0.1) is 6.92 Å². The van der Waals surface area contributed by atoms with Crippen molar-refractivity contribution in [3.05, 3.63) is 77.5 Å². The number of amides is 1. The van der Waals surface area contributed by atoms with Crippen LogP contribution in [-0.2, 0) is 4.79 Å². The highest BCUT2D eigenvalue weighted by Gasteiger charge is 2.21. The van der Waals surface area contributed by atoms with Gasteiger partial charge >= 0.3 is 5.97 Å². The number of ether oxygens (including phenoxy) is 2. The molecule has 0 fully saturated rings. The number of hydrogen-bond acceptors (Lipinski definition) is 5. The first kappa shape index (κ1) is 21.8. The van der Waals surface area contributed by atoms with Gasteiger partial charge in [-0.25, -0.2) is 4.98 Å². The number of carboxylic acids is 1. The lowest BCUT2D eigenvalue weighted by atomic mass is 9.98. The summed E-state index contributed by atoms with van der Waals surface area (Å²) in [5.74, 6) is -0.332. The number of methoxy groups -OCH3 is 2. The Morgan fingerprint density at radius 2 is 1.77 bits per heavy atom. The molecule has 31 heavy (non-hydrogen) atoms. The van der Waals surface area contributed by atoms with Crippen molar-refractivity contribution in [3.8, 4) is 22.8 Å². The number of aryl methyl sites for hydroxylation is 1. The molecule has 3 aromatic rings. The van der Waals surface area contributed by atoms with Crippen molar-refractivity contribution in [2.75, 3.05) is 14.2 Å². The van der Waals surface area contributed by atoms with E-state index in [9.17, 15) is 14.7 Å². The Bertz CT molecular complexity index is 1080. The minimum absolute atomic E-state index is 0.231. The highest BCUT2D eigenvalue weighted by Crippen LogP contribution is 2.30. The van der Waals surface area contributed by atoms with Gasteiger partial charge in [0.25, 0.3) is 5.91 Å². The molecule has 0 aliphatic heterocycles. The normalized spacial score (nSPS) is 11.5. The number of nitrogens with one attached hydrogen (secondary N) is 1. The van der Waals surface area contributed by atoms with Gasteiger partial charge in [0.2, 0.25) is 5.88 Å². The molecule has 7 nitrogen and oxygen atoms in total. The van der Waals surface area contributed by atoms with Gasteiger partial charge in [-0.1, -0.05) is 36.4 Å². The lowest BCUT2D eigenvalue weighted by Crippen LogP contribution is -2.30. The zero-order chi connectivity index (χ0) is 22.4. The van der Waals surface area contributed by atoms with E-state index >= 15 is 0 Å². The van der Waals surface area contributed by atoms with Crippen molar-refractivity contribution in [2.24, 2.45) is 0 Å². The molecule has 2 N–H and O–H groups in total. The Balaban J connectivity index is 1.92. The van der Waals surface area contributed by atoms with E-state index in [2.05, 4.69) is 10.3 Å². The monoisotopic (exact) mass is 420 g/mol. The van der Waals surface area contributed by atoms with Crippen LogP contribution < -0.4 is 14.8 Å². The maximum absolute atomic E-state index is 13.0. The molecule has 2 aromatic carbocycles. The highest BCUT2D eigenvalue weighted by atomic mass is 16.5. The topological polar surface area (TPSA) is 97.8 Å². The third-order valence-corrected chi connectivity index (χ3v) is 4.96. The van der Waals surface area contributed by atoms with Crippen LogP contribution in [0.5, 0.6) is 11.6 Å². The standard InChI is InChI=1S/C24H24N2O5/c1-15-6-4-5-7-19(15)21(13-22(27)28)26-23(29)17-12-20(24(31-3)25-14-17)16-8-10-18(30-2)11-9-16/h4-12,14,21H,13H2,1-3H3,(H,26,29)(H,27,28)/t21-/m0/s1. The van der Waals surface area contributed by atoms with Gasteiger partial charge in [0, 0.05) is 11.8 Å². The fourth-order valence-electron chi connectivity index (χ4n) is 3.35. The fraction of sp³-hybridized carbons (Fsp3) is 0.208. The first-order valence-electron chi connectivity index (χ1n) is 9.69. The fourth-order valence-corrected chi connectivity index (χ4v) is 3.35. The lowest BCUT2D eigenvalue weighted by Gasteiger charge is -2.20. The maximum Gasteiger partial charge on any atom is 0.305 e. The van der Waals surface area contributed by atoms with E-state index in [0.29, 0.717) is 22.8 Å². The van der Waals surface area contributed by atoms with E-state index in [1.165, 1.54) is 13.3 Å². The van der Waals surface area contributed by atoms with Crippen molar-refractivity contribution in [1.29, 1.82) is 0 Å². The summed E-state index contributed by atoms with van der Waals surface area (Å²) in [6.07, 6.45) is 1.18. The molecule has 160 valence electrons. The molecule has 0 radical (unpaired) electrons. The zero-order valence-corrected chi connectivity index (χ0v) is 17.6. The molecule has 0 unspecified atom stereocenters. The van der Waals surface area contributed by atoms with Gasteiger partial charge in [0.05, 0.1) is 32.2 Å². The summed E-state index contributed by atoms with van der Waals surface area (Å²) in [7, 11) is 3.10. The summed E-state index contributed by atoms with van der Waals surface area (Å²) in [6.45, 7) is 1.88. The third kappa shape index (κ3) is 5.19. The average Bonchev–Trinajstić information content (AvgIpc) is 2.78. The van der Waals surface area contributed by atoms with Crippen LogP contribution in [0.1, 0.15) is 33.9 Å². The lowest BCUT2D eigenvalue weighted by molar-refractivity contribution is -0.137. The van der Waals surface area contributed by atoms with E-state index in [4.69, 9.17) is 9.47 Å². The molecule has 0 aliphatic carbocycles. The first-order chi connectivity index (χ1) is 14.9. The van der Waals surface area contributed by atoms with E-state index in [1.54, 1.807) is 13.2 Å². The molecule has 1 amide bonds. The number of aromatic nitrogens is 1. The summed E-state index contributed by atoms with van der Waals surface area (Å²) in [5.41, 5.74) is 3.41. The van der Waals surface area contributed by atoms with Crippen LogP contribution in [0.25, 0.3) is 11.1 Å². The number of hydrogen-bond donors (Lipinski definition) is 2. The number of aliphatic carboxylic acids is 1. The predicted octanol–water partition coefficient (Wildman–Crippen LogP) is 4.02. The number of nitrogens with zero attached hydrogens (tertiary/aromatic N) is 1. The second kappa shape index (κ2) is 9.75. The largest absolute Gasteiger partial charge is 0.497 e. The second-order valence-corrected chi connectivity index (χ2v) is 6.99. The van der Waals surface area contributed by atoms with E-state index in [1.807, 2.05) is 55.5 Å². The Kier molecular flexibility index (Phi) is 6.87. The summed E-state index contributed by atoms with van der Waals surface area (Å²) in [6, 6.07) is 15.7. The summed E-state index contributed by atoms with van der Waals surface area (Å²) < 4.78 is 10.5. The average molecular weight is 420 g/mol. The van der Waals surface area contributed by atoms with Crippen molar-refractivity contribution in [1.82, 2.24) is 10.3 Å². The Morgan fingerprint density at radius 1 is 1.06 bits per heavy atom. The first-order valence-corrected chi connectivity index (χ1v) is 9.69. The van der Waals surface area contributed by atoms with Gasteiger partial charge in [0.1, 0.15) is 5.75 Å². The molecule has 0 saturated heterocycles. The van der Waals surface area contributed by atoms with Crippen LogP contribution in [0.4, 0.5) is 0 Å². The molecule has 3 rings (SSSR count). The minimum atomic E-state index is -1.000. The third-order valence-electron chi connectivity index (χ3n) is 4.96. The predicted molar refractivity (Wildman–Crippen MR) is 116 cm³/mol. The van der Waals surface area contributed by atoms with E-state index in [0.717, 1.165) is 16.7 Å². The molecule has 0 aliphatic rings. The number of carboxylic acid groups (broad SMARTS) is 1. The molecule has 0 spiro atoms. The number of rotatable bonds is 8. The zero-order valence-electron chi connectivity index (χ0n) is 17.6. The van der Waals surface area contributed by atoms with Crippen molar-refractivity contribution >= 4 is 11.9 Å². The molecular weight excluding hydrogens is 396 g/mol. The van der Waals surface area contributed by atoms with Gasteiger partial charge in [-0.2, -0.15) is 0 Å². The molecule has 1 atom stereocenters. The van der Waals surface area contributed by atoms with Crippen molar-refractivity contribution in [2.45, 2.75) is 19.4 Å². The molecular formula is C24H24N2O5. The van der Waals surface area contributed by atoms with Crippen LogP contribution >= 0.6 is 0 Å².